The smallest absolute Gasteiger partial charge is 0.202 e. The van der Waals surface area contributed by atoms with Crippen LogP contribution in [0.1, 0.15) is 31.5 Å². The standard InChI is InChI=1S/C9H15N3S/c1-7-11-9(13-12-7)10-6-2-3-8-4-5-8/h8H,2-6H2,1H3,(H,10,11,12). The molecular weight excluding hydrogens is 182 g/mol. The highest BCUT2D eigenvalue weighted by Crippen LogP contribution is 2.33. The fourth-order valence-electron chi connectivity index (χ4n) is 1.36. The van der Waals surface area contributed by atoms with Crippen LogP contribution >= 0.6 is 11.5 Å². The van der Waals surface area contributed by atoms with E-state index in [1.807, 2.05) is 6.92 Å². The Morgan fingerprint density at radius 3 is 3.00 bits per heavy atom. The van der Waals surface area contributed by atoms with E-state index >= 15 is 0 Å². The van der Waals surface area contributed by atoms with Crippen molar-refractivity contribution >= 4 is 16.7 Å². The lowest BCUT2D eigenvalue weighted by Gasteiger charge is -1.99. The zero-order chi connectivity index (χ0) is 9.10. The molecule has 0 aliphatic heterocycles. The molecule has 1 aromatic rings. The minimum atomic E-state index is 0.870. The maximum atomic E-state index is 4.24. The lowest BCUT2D eigenvalue weighted by atomic mass is 10.2. The molecule has 1 aromatic heterocycles. The number of nitrogens with zero attached hydrogens (tertiary/aromatic N) is 2. The first-order valence-corrected chi connectivity index (χ1v) is 5.66. The zero-order valence-electron chi connectivity index (χ0n) is 7.92. The third-order valence-electron chi connectivity index (χ3n) is 2.29. The summed E-state index contributed by atoms with van der Waals surface area (Å²) in [5, 5.41) is 4.26. The summed E-state index contributed by atoms with van der Waals surface area (Å²) in [7, 11) is 0. The largest absolute Gasteiger partial charge is 0.360 e. The summed E-state index contributed by atoms with van der Waals surface area (Å²) in [6.07, 6.45) is 5.56. The molecule has 1 saturated carbocycles. The summed E-state index contributed by atoms with van der Waals surface area (Å²) in [6, 6.07) is 0. The molecule has 13 heavy (non-hydrogen) atoms. The molecule has 0 saturated heterocycles. The van der Waals surface area contributed by atoms with Crippen LogP contribution in [0.5, 0.6) is 0 Å². The van der Waals surface area contributed by atoms with Crippen LogP contribution < -0.4 is 5.32 Å². The molecule has 0 spiro atoms. The van der Waals surface area contributed by atoms with E-state index in [-0.39, 0.29) is 0 Å². The van der Waals surface area contributed by atoms with Gasteiger partial charge in [-0.3, -0.25) is 0 Å². The van der Waals surface area contributed by atoms with Gasteiger partial charge in [-0.25, -0.2) is 4.98 Å². The van der Waals surface area contributed by atoms with Gasteiger partial charge in [0.15, 0.2) is 0 Å². The highest BCUT2D eigenvalue weighted by molar-refractivity contribution is 7.09. The Kier molecular flexibility index (Phi) is 2.78. The number of rotatable bonds is 5. The minimum absolute atomic E-state index is 0.870. The Morgan fingerprint density at radius 1 is 1.54 bits per heavy atom. The molecule has 0 bridgehead atoms. The number of anilines is 1. The average Bonchev–Trinajstić information content (AvgIpc) is 2.84. The SMILES string of the molecule is Cc1nsc(NCCCC2CC2)n1. The summed E-state index contributed by atoms with van der Waals surface area (Å²) in [5.41, 5.74) is 0. The predicted octanol–water partition coefficient (Wildman–Crippen LogP) is 2.45. The molecule has 0 aromatic carbocycles. The molecule has 4 heteroatoms. The zero-order valence-corrected chi connectivity index (χ0v) is 8.73. The van der Waals surface area contributed by atoms with E-state index in [1.54, 1.807) is 0 Å². The average molecular weight is 197 g/mol. The maximum Gasteiger partial charge on any atom is 0.202 e. The van der Waals surface area contributed by atoms with Crippen molar-refractivity contribution in [2.75, 3.05) is 11.9 Å². The third kappa shape index (κ3) is 2.95. The molecule has 1 fully saturated rings. The van der Waals surface area contributed by atoms with Gasteiger partial charge in [-0.2, -0.15) is 4.37 Å². The molecular formula is C9H15N3S. The Bertz CT molecular complexity index is 268. The molecule has 2 rings (SSSR count). The van der Waals surface area contributed by atoms with Crippen molar-refractivity contribution in [2.24, 2.45) is 5.92 Å². The number of aromatic nitrogens is 2. The quantitative estimate of drug-likeness (QED) is 0.737. The van der Waals surface area contributed by atoms with Crippen molar-refractivity contribution < 1.29 is 0 Å². The van der Waals surface area contributed by atoms with Gasteiger partial charge in [0, 0.05) is 18.1 Å². The Morgan fingerprint density at radius 2 is 2.38 bits per heavy atom. The second-order valence-electron chi connectivity index (χ2n) is 3.66. The molecule has 0 amide bonds. The van der Waals surface area contributed by atoms with Crippen molar-refractivity contribution in [3.63, 3.8) is 0 Å². The summed E-state index contributed by atoms with van der Waals surface area (Å²) in [6.45, 7) is 2.97. The molecule has 0 unspecified atom stereocenters. The van der Waals surface area contributed by atoms with Gasteiger partial charge in [0.05, 0.1) is 0 Å². The lowest BCUT2D eigenvalue weighted by molar-refractivity contribution is 0.687. The molecule has 1 aliphatic rings. The van der Waals surface area contributed by atoms with Crippen LogP contribution in [-0.4, -0.2) is 15.9 Å². The van der Waals surface area contributed by atoms with E-state index in [2.05, 4.69) is 14.7 Å². The van der Waals surface area contributed by atoms with Crippen LogP contribution in [0.25, 0.3) is 0 Å². The van der Waals surface area contributed by atoms with Crippen LogP contribution in [0.3, 0.4) is 0 Å². The van der Waals surface area contributed by atoms with Crippen molar-refractivity contribution in [3.05, 3.63) is 5.82 Å². The summed E-state index contributed by atoms with van der Waals surface area (Å²) in [5.74, 6) is 1.91. The van der Waals surface area contributed by atoms with E-state index in [0.29, 0.717) is 0 Å². The van der Waals surface area contributed by atoms with Gasteiger partial charge in [0.25, 0.3) is 0 Å². The van der Waals surface area contributed by atoms with Crippen molar-refractivity contribution in [1.82, 2.24) is 9.36 Å². The minimum Gasteiger partial charge on any atom is -0.360 e. The van der Waals surface area contributed by atoms with Crippen molar-refractivity contribution in [3.8, 4) is 0 Å². The molecule has 1 N–H and O–H groups in total. The molecule has 0 radical (unpaired) electrons. The predicted molar refractivity (Wildman–Crippen MR) is 55.1 cm³/mol. The molecule has 1 aliphatic carbocycles. The first-order valence-electron chi connectivity index (χ1n) is 4.89. The van der Waals surface area contributed by atoms with Crippen molar-refractivity contribution in [1.29, 1.82) is 0 Å². The normalized spacial score (nSPS) is 16.1. The first-order chi connectivity index (χ1) is 6.34. The fraction of sp³-hybridized carbons (Fsp3) is 0.778. The Labute approximate surface area is 82.8 Å². The topological polar surface area (TPSA) is 37.8 Å². The molecule has 0 atom stereocenters. The van der Waals surface area contributed by atoms with Gasteiger partial charge < -0.3 is 5.32 Å². The summed E-state index contributed by atoms with van der Waals surface area (Å²) >= 11 is 1.45. The van der Waals surface area contributed by atoms with E-state index in [9.17, 15) is 0 Å². The monoisotopic (exact) mass is 197 g/mol. The third-order valence-corrected chi connectivity index (χ3v) is 3.05. The van der Waals surface area contributed by atoms with E-state index in [4.69, 9.17) is 0 Å². The number of hydrogen-bond acceptors (Lipinski definition) is 4. The van der Waals surface area contributed by atoms with Gasteiger partial charge >= 0.3 is 0 Å². The number of hydrogen-bond donors (Lipinski definition) is 1. The molecule has 72 valence electrons. The first kappa shape index (κ1) is 8.94. The Balaban J connectivity index is 1.61. The molecule has 1 heterocycles. The molecule has 3 nitrogen and oxygen atoms in total. The van der Waals surface area contributed by atoms with E-state index in [0.717, 1.165) is 23.4 Å². The van der Waals surface area contributed by atoms with Gasteiger partial charge in [-0.15, -0.1) is 0 Å². The second-order valence-corrected chi connectivity index (χ2v) is 4.41. The highest BCUT2D eigenvalue weighted by Gasteiger charge is 2.19. The lowest BCUT2D eigenvalue weighted by Crippen LogP contribution is -2.01. The highest BCUT2D eigenvalue weighted by atomic mass is 32.1. The van der Waals surface area contributed by atoms with Gasteiger partial charge in [-0.05, 0) is 25.7 Å². The van der Waals surface area contributed by atoms with Gasteiger partial charge in [0.1, 0.15) is 5.82 Å². The number of aryl methyl sites for hydroxylation is 1. The van der Waals surface area contributed by atoms with Crippen LogP contribution in [0, 0.1) is 12.8 Å². The van der Waals surface area contributed by atoms with Crippen molar-refractivity contribution in [2.45, 2.75) is 32.6 Å². The van der Waals surface area contributed by atoms with Crippen LogP contribution in [0.2, 0.25) is 0 Å². The van der Waals surface area contributed by atoms with E-state index < -0.39 is 0 Å². The Hall–Kier alpha value is -0.640. The van der Waals surface area contributed by atoms with E-state index in [1.165, 1.54) is 37.2 Å². The maximum absolute atomic E-state index is 4.24. The fourth-order valence-corrected chi connectivity index (χ4v) is 1.96. The summed E-state index contributed by atoms with van der Waals surface area (Å²) < 4.78 is 4.11. The second kappa shape index (κ2) is 4.05. The number of nitrogens with one attached hydrogen (secondary N) is 1. The van der Waals surface area contributed by atoms with Crippen LogP contribution in [0.4, 0.5) is 5.13 Å². The summed E-state index contributed by atoms with van der Waals surface area (Å²) in [4.78, 5) is 4.24. The van der Waals surface area contributed by atoms with Crippen LogP contribution in [0.15, 0.2) is 0 Å². The van der Waals surface area contributed by atoms with Gasteiger partial charge in [0.2, 0.25) is 5.13 Å². The van der Waals surface area contributed by atoms with Crippen LogP contribution in [-0.2, 0) is 0 Å². The van der Waals surface area contributed by atoms with Gasteiger partial charge in [-0.1, -0.05) is 12.8 Å².